The van der Waals surface area contributed by atoms with Crippen LogP contribution in [0.25, 0.3) is 0 Å². The molecule has 0 atom stereocenters. The lowest BCUT2D eigenvalue weighted by molar-refractivity contribution is -0.813. The predicted molar refractivity (Wildman–Crippen MR) is 17.3 cm³/mol. The Bertz CT molecular complexity index is 103. The maximum absolute atomic E-state index is 4.18. The second kappa shape index (κ2) is 3.36. The third-order valence-electron chi connectivity index (χ3n) is 0.707. The van der Waals surface area contributed by atoms with E-state index >= 15 is 0 Å². The van der Waals surface area contributed by atoms with Crippen LogP contribution in [0.3, 0.4) is 0 Å². The van der Waals surface area contributed by atoms with Crippen molar-refractivity contribution in [1.82, 2.24) is 0 Å². The molecule has 2 heterocycles. The Morgan fingerprint density at radius 2 is 1.18 bits per heavy atom. The van der Waals surface area contributed by atoms with Crippen molar-refractivity contribution < 1.29 is 44.4 Å². The van der Waals surface area contributed by atoms with Crippen LogP contribution in [-0.2, 0) is 44.4 Å². The molecule has 9 heteroatoms. The lowest BCUT2D eigenvalue weighted by Crippen LogP contribution is -2.35. The van der Waals surface area contributed by atoms with Crippen LogP contribution in [-0.4, -0.2) is 13.0 Å². The first-order valence-electron chi connectivity index (χ1n) is 2.41. The Kier molecular flexibility index (Phi) is 2.23. The fourth-order valence-electron chi connectivity index (χ4n) is 0.294. The number of rotatable bonds is 4. The molecule has 0 aromatic carbocycles. The fraction of sp³-hybridized carbons (Fsp3) is 1.00. The molecule has 0 aromatic rings. The smallest absolute Gasteiger partial charge is 0.138 e. The van der Waals surface area contributed by atoms with Crippen LogP contribution in [0, 0.1) is 0 Å². The highest BCUT2D eigenvalue weighted by Crippen LogP contribution is 2.14. The summed E-state index contributed by atoms with van der Waals surface area (Å²) in [5, 5.41) is 11.6. The van der Waals surface area contributed by atoms with E-state index in [0.717, 1.165) is 0 Å². The van der Waals surface area contributed by atoms with Gasteiger partial charge in [-0.3, -0.25) is 0 Å². The Morgan fingerprint density at radius 1 is 0.727 bits per heavy atom. The molecular weight excluding hydrogens is 168 g/mol. The number of hydrogen-bond acceptors (Lipinski definition) is 9. The van der Waals surface area contributed by atoms with Gasteiger partial charge < -0.3 is 0 Å². The van der Waals surface area contributed by atoms with E-state index in [4.69, 9.17) is 0 Å². The molecule has 0 aromatic heterocycles. The van der Waals surface area contributed by atoms with Crippen molar-refractivity contribution in [3.63, 3.8) is 0 Å². The first-order valence-corrected chi connectivity index (χ1v) is 2.41. The SMILES string of the molecule is O1OC(OOOC2OOO2)O1. The highest BCUT2D eigenvalue weighted by molar-refractivity contribution is 4.05. The van der Waals surface area contributed by atoms with Crippen molar-refractivity contribution in [2.45, 2.75) is 13.0 Å². The summed E-state index contributed by atoms with van der Waals surface area (Å²) in [5.74, 6) is 0. The van der Waals surface area contributed by atoms with Gasteiger partial charge in [-0.15, -0.1) is 29.3 Å². The first-order chi connectivity index (χ1) is 5.45. The summed E-state index contributed by atoms with van der Waals surface area (Å²) >= 11 is 0. The van der Waals surface area contributed by atoms with E-state index in [9.17, 15) is 0 Å². The van der Waals surface area contributed by atoms with Gasteiger partial charge >= 0.3 is 13.0 Å². The zero-order valence-corrected chi connectivity index (χ0v) is 4.83. The summed E-state index contributed by atoms with van der Waals surface area (Å²) in [5.41, 5.74) is 0. The van der Waals surface area contributed by atoms with Crippen molar-refractivity contribution >= 4 is 0 Å². The molecule has 0 bridgehead atoms. The highest BCUT2D eigenvalue weighted by Gasteiger charge is 2.29. The largest absolute Gasteiger partial charge is 0.365 e. The van der Waals surface area contributed by atoms with Gasteiger partial charge in [0, 0.05) is 0 Å². The lowest BCUT2D eigenvalue weighted by Gasteiger charge is -2.22. The Morgan fingerprint density at radius 3 is 1.45 bits per heavy atom. The van der Waals surface area contributed by atoms with Crippen LogP contribution >= 0.6 is 0 Å². The van der Waals surface area contributed by atoms with Gasteiger partial charge in [0.05, 0.1) is 0 Å². The average molecular weight is 170 g/mol. The van der Waals surface area contributed by atoms with Crippen LogP contribution < -0.4 is 0 Å². The van der Waals surface area contributed by atoms with Crippen LogP contribution in [0.15, 0.2) is 0 Å². The molecule has 0 spiro atoms. The van der Waals surface area contributed by atoms with Gasteiger partial charge in [-0.05, 0) is 0 Å². The standard InChI is InChI=1S/C2H2O9/c3-1(4-9-3)7-11-8-2-5-10-6-2/h1-2H. The lowest BCUT2D eigenvalue weighted by atomic mass is 11.3. The predicted octanol–water partition coefficient (Wildman–Crippen LogP) is -0.780. The number of hydrogen-bond donors (Lipinski definition) is 0. The third-order valence-corrected chi connectivity index (χ3v) is 0.707. The summed E-state index contributed by atoms with van der Waals surface area (Å²) < 4.78 is 0. The van der Waals surface area contributed by atoms with Crippen molar-refractivity contribution in [2.24, 2.45) is 0 Å². The van der Waals surface area contributed by atoms with Crippen LogP contribution in [0.2, 0.25) is 0 Å². The molecule has 0 aliphatic carbocycles. The minimum absolute atomic E-state index is 1.07. The molecule has 2 aliphatic heterocycles. The molecule has 2 fully saturated rings. The molecular formula is C2H2O9. The Hall–Kier alpha value is -0.360. The molecule has 0 amide bonds. The molecule has 64 valence electrons. The van der Waals surface area contributed by atoms with Crippen molar-refractivity contribution in [3.05, 3.63) is 0 Å². The van der Waals surface area contributed by atoms with Gasteiger partial charge in [0.25, 0.3) is 0 Å². The molecule has 0 N–H and O–H groups in total. The van der Waals surface area contributed by atoms with E-state index in [2.05, 4.69) is 44.4 Å². The zero-order valence-electron chi connectivity index (χ0n) is 4.83. The van der Waals surface area contributed by atoms with Gasteiger partial charge in [0.15, 0.2) is 0 Å². The highest BCUT2D eigenvalue weighted by atomic mass is 17.7. The van der Waals surface area contributed by atoms with Crippen molar-refractivity contribution in [3.8, 4) is 0 Å². The van der Waals surface area contributed by atoms with Crippen LogP contribution in [0.4, 0.5) is 0 Å². The van der Waals surface area contributed by atoms with Gasteiger partial charge in [-0.1, -0.05) is 15.1 Å². The van der Waals surface area contributed by atoms with Crippen molar-refractivity contribution in [1.29, 1.82) is 0 Å². The molecule has 0 radical (unpaired) electrons. The summed E-state index contributed by atoms with van der Waals surface area (Å²) in [7, 11) is 0. The summed E-state index contributed by atoms with van der Waals surface area (Å²) in [4.78, 5) is 24.8. The van der Waals surface area contributed by atoms with Gasteiger partial charge in [0.1, 0.15) is 0 Å². The normalized spacial score (nSPS) is 26.2. The van der Waals surface area contributed by atoms with E-state index in [-0.39, 0.29) is 0 Å². The van der Waals surface area contributed by atoms with E-state index in [1.165, 1.54) is 0 Å². The molecule has 11 heavy (non-hydrogen) atoms. The van der Waals surface area contributed by atoms with Gasteiger partial charge in [-0.25, -0.2) is 0 Å². The first kappa shape index (κ1) is 7.30. The summed E-state index contributed by atoms with van der Waals surface area (Å²) in [6.07, 6.45) is 0. The molecule has 2 rings (SSSR count). The molecule has 0 unspecified atom stereocenters. The minimum Gasteiger partial charge on any atom is -0.138 e. The molecule has 0 saturated carbocycles. The van der Waals surface area contributed by atoms with Crippen LogP contribution in [0.5, 0.6) is 0 Å². The maximum atomic E-state index is 4.18. The summed E-state index contributed by atoms with van der Waals surface area (Å²) in [6, 6.07) is 0. The van der Waals surface area contributed by atoms with Gasteiger partial charge in [0.2, 0.25) is 0 Å². The quantitative estimate of drug-likeness (QED) is 0.398. The monoisotopic (exact) mass is 170 g/mol. The second-order valence-electron chi connectivity index (χ2n) is 1.36. The topological polar surface area (TPSA) is 83.1 Å². The van der Waals surface area contributed by atoms with E-state index < -0.39 is 13.0 Å². The van der Waals surface area contributed by atoms with Crippen molar-refractivity contribution in [2.75, 3.05) is 0 Å². The fourth-order valence-corrected chi connectivity index (χ4v) is 0.294. The minimum atomic E-state index is -1.07. The third kappa shape index (κ3) is 1.81. The van der Waals surface area contributed by atoms with E-state index in [1.807, 2.05) is 0 Å². The Labute approximate surface area is 58.7 Å². The average Bonchev–Trinajstić information content (AvgIpc) is 1.79. The van der Waals surface area contributed by atoms with Gasteiger partial charge in [-0.2, -0.15) is 0 Å². The van der Waals surface area contributed by atoms with Crippen LogP contribution in [0.1, 0.15) is 0 Å². The molecule has 9 nitrogen and oxygen atoms in total. The van der Waals surface area contributed by atoms with E-state index in [0.29, 0.717) is 0 Å². The molecule has 2 aliphatic rings. The maximum Gasteiger partial charge on any atom is 0.365 e. The summed E-state index contributed by atoms with van der Waals surface area (Å²) in [6.45, 7) is -2.15. The zero-order chi connectivity index (χ0) is 7.52. The molecule has 2 saturated heterocycles. The van der Waals surface area contributed by atoms with E-state index in [1.54, 1.807) is 0 Å². The second-order valence-corrected chi connectivity index (χ2v) is 1.36. The Balaban J connectivity index is 1.46.